The van der Waals surface area contributed by atoms with E-state index in [0.717, 1.165) is 4.90 Å². The van der Waals surface area contributed by atoms with Crippen LogP contribution in [-0.2, 0) is 15.0 Å². The van der Waals surface area contributed by atoms with Gasteiger partial charge in [-0.05, 0) is 43.9 Å². The summed E-state index contributed by atoms with van der Waals surface area (Å²) in [7, 11) is 0. The van der Waals surface area contributed by atoms with E-state index in [-0.39, 0.29) is 29.8 Å². The maximum absolute atomic E-state index is 12.3. The predicted octanol–water partition coefficient (Wildman–Crippen LogP) is 3.45. The average Bonchev–Trinajstić information content (AvgIpc) is 2.49. The van der Waals surface area contributed by atoms with Crippen LogP contribution in [0.2, 0.25) is 0 Å². The smallest absolute Gasteiger partial charge is 0.239 e. The molecule has 0 aliphatic carbocycles. The molecule has 0 saturated heterocycles. The van der Waals surface area contributed by atoms with Crippen molar-refractivity contribution in [3.8, 4) is 0 Å². The molecule has 1 aromatic rings. The van der Waals surface area contributed by atoms with Crippen molar-refractivity contribution < 1.29 is 9.59 Å². The van der Waals surface area contributed by atoms with Crippen molar-refractivity contribution >= 4 is 23.6 Å². The van der Waals surface area contributed by atoms with Gasteiger partial charge in [-0.15, -0.1) is 11.8 Å². The van der Waals surface area contributed by atoms with Crippen molar-refractivity contribution in [2.75, 3.05) is 18.8 Å². The number of amides is 2. The lowest BCUT2D eigenvalue weighted by Crippen LogP contribution is -2.43. The number of rotatable bonds is 7. The Balaban J connectivity index is 2.55. The van der Waals surface area contributed by atoms with Crippen LogP contribution >= 0.6 is 11.8 Å². The van der Waals surface area contributed by atoms with Crippen molar-refractivity contribution in [3.63, 3.8) is 0 Å². The van der Waals surface area contributed by atoms with E-state index in [1.54, 1.807) is 4.90 Å². The second-order valence-electron chi connectivity index (χ2n) is 7.19. The highest BCUT2D eigenvalue weighted by atomic mass is 32.2. The minimum atomic E-state index is -0.111. The van der Waals surface area contributed by atoms with Crippen LogP contribution in [0.5, 0.6) is 0 Å². The third kappa shape index (κ3) is 6.95. The second kappa shape index (κ2) is 9.11. The first-order valence-electron chi connectivity index (χ1n) is 8.44. The maximum Gasteiger partial charge on any atom is 0.239 e. The predicted molar refractivity (Wildman–Crippen MR) is 101 cm³/mol. The van der Waals surface area contributed by atoms with Crippen LogP contribution in [0.25, 0.3) is 0 Å². The molecule has 0 bridgehead atoms. The molecule has 1 rings (SSSR count). The lowest BCUT2D eigenvalue weighted by Gasteiger charge is -2.21. The molecule has 0 aromatic heterocycles. The zero-order valence-corrected chi connectivity index (χ0v) is 16.5. The maximum atomic E-state index is 12.3. The van der Waals surface area contributed by atoms with Gasteiger partial charge >= 0.3 is 0 Å². The Morgan fingerprint density at radius 3 is 2.21 bits per heavy atom. The standard InChI is InChI=1S/C19H30N2O2S/c1-7-21(12-17(22)20-14(2)3)18(23)13-24-16-10-8-15(9-11-16)19(4,5)6/h8-11,14H,7,12-13H2,1-6H3,(H,20,22). The van der Waals surface area contributed by atoms with E-state index in [1.165, 1.54) is 17.3 Å². The summed E-state index contributed by atoms with van der Waals surface area (Å²) in [6.45, 7) is 12.9. The number of carbonyl (C=O) groups excluding carboxylic acids is 2. The molecule has 1 aromatic carbocycles. The number of benzene rings is 1. The van der Waals surface area contributed by atoms with Crippen molar-refractivity contribution in [1.82, 2.24) is 10.2 Å². The number of thioether (sulfide) groups is 1. The number of nitrogens with one attached hydrogen (secondary N) is 1. The quantitative estimate of drug-likeness (QED) is 0.766. The van der Waals surface area contributed by atoms with Crippen molar-refractivity contribution in [3.05, 3.63) is 29.8 Å². The minimum Gasteiger partial charge on any atom is -0.352 e. The summed E-state index contributed by atoms with van der Waals surface area (Å²) in [4.78, 5) is 26.8. The summed E-state index contributed by atoms with van der Waals surface area (Å²) in [6.07, 6.45) is 0. The van der Waals surface area contributed by atoms with Gasteiger partial charge in [-0.25, -0.2) is 0 Å². The molecule has 0 unspecified atom stereocenters. The molecule has 5 heteroatoms. The van der Waals surface area contributed by atoms with Crippen LogP contribution in [0.4, 0.5) is 0 Å². The van der Waals surface area contributed by atoms with Gasteiger partial charge in [0.15, 0.2) is 0 Å². The van der Waals surface area contributed by atoms with Gasteiger partial charge in [-0.2, -0.15) is 0 Å². The van der Waals surface area contributed by atoms with E-state index >= 15 is 0 Å². The van der Waals surface area contributed by atoms with Gasteiger partial charge in [0.25, 0.3) is 0 Å². The highest BCUT2D eigenvalue weighted by Crippen LogP contribution is 2.25. The fourth-order valence-electron chi connectivity index (χ4n) is 2.20. The summed E-state index contributed by atoms with van der Waals surface area (Å²) < 4.78 is 0. The third-order valence-electron chi connectivity index (χ3n) is 3.60. The largest absolute Gasteiger partial charge is 0.352 e. The number of hydrogen-bond donors (Lipinski definition) is 1. The monoisotopic (exact) mass is 350 g/mol. The summed E-state index contributed by atoms with van der Waals surface area (Å²) in [6, 6.07) is 8.42. The second-order valence-corrected chi connectivity index (χ2v) is 8.24. The van der Waals surface area contributed by atoms with Crippen molar-refractivity contribution in [2.45, 2.75) is 57.9 Å². The molecule has 0 saturated carbocycles. The normalized spacial score (nSPS) is 11.5. The average molecular weight is 351 g/mol. The van der Waals surface area contributed by atoms with Crippen LogP contribution < -0.4 is 5.32 Å². The highest BCUT2D eigenvalue weighted by Gasteiger charge is 2.17. The van der Waals surface area contributed by atoms with Crippen LogP contribution in [0.3, 0.4) is 0 Å². The molecule has 24 heavy (non-hydrogen) atoms. The zero-order valence-electron chi connectivity index (χ0n) is 15.7. The minimum absolute atomic E-state index is 0.0127. The Kier molecular flexibility index (Phi) is 7.80. The molecule has 0 spiro atoms. The van der Waals surface area contributed by atoms with E-state index in [4.69, 9.17) is 0 Å². The highest BCUT2D eigenvalue weighted by molar-refractivity contribution is 8.00. The summed E-state index contributed by atoms with van der Waals surface area (Å²) in [5.41, 5.74) is 1.40. The molecule has 0 aliphatic rings. The topological polar surface area (TPSA) is 49.4 Å². The zero-order chi connectivity index (χ0) is 18.3. The van der Waals surface area contributed by atoms with Crippen molar-refractivity contribution in [1.29, 1.82) is 0 Å². The Hall–Kier alpha value is -1.49. The fraction of sp³-hybridized carbons (Fsp3) is 0.579. The van der Waals surface area contributed by atoms with E-state index < -0.39 is 0 Å². The van der Waals surface area contributed by atoms with Gasteiger partial charge < -0.3 is 10.2 Å². The Bertz CT molecular complexity index is 547. The third-order valence-corrected chi connectivity index (χ3v) is 4.60. The molecule has 4 nitrogen and oxygen atoms in total. The number of likely N-dealkylation sites (N-methyl/N-ethyl adjacent to an activating group) is 1. The van der Waals surface area contributed by atoms with Crippen LogP contribution in [-0.4, -0.2) is 41.6 Å². The lowest BCUT2D eigenvalue weighted by atomic mass is 9.87. The molecule has 0 heterocycles. The molecule has 0 atom stereocenters. The fourth-order valence-corrected chi connectivity index (χ4v) is 3.01. The Morgan fingerprint density at radius 2 is 1.75 bits per heavy atom. The molecule has 2 amide bonds. The van der Waals surface area contributed by atoms with Gasteiger partial charge in [0.1, 0.15) is 0 Å². The molecule has 0 aliphatic heterocycles. The van der Waals surface area contributed by atoms with Crippen molar-refractivity contribution in [2.24, 2.45) is 0 Å². The van der Waals surface area contributed by atoms with E-state index in [2.05, 4.69) is 50.4 Å². The Morgan fingerprint density at radius 1 is 1.17 bits per heavy atom. The molecule has 0 fully saturated rings. The van der Waals surface area contributed by atoms with E-state index in [9.17, 15) is 9.59 Å². The number of carbonyl (C=O) groups is 2. The van der Waals surface area contributed by atoms with Crippen LogP contribution in [0, 0.1) is 0 Å². The van der Waals surface area contributed by atoms with Crippen LogP contribution in [0.1, 0.15) is 47.1 Å². The summed E-state index contributed by atoms with van der Waals surface area (Å²) >= 11 is 1.51. The molecular formula is C19H30N2O2S. The number of nitrogens with zero attached hydrogens (tertiary/aromatic N) is 1. The first-order chi connectivity index (χ1) is 11.1. The summed E-state index contributed by atoms with van der Waals surface area (Å²) in [5.74, 6) is 0.221. The number of hydrogen-bond acceptors (Lipinski definition) is 3. The Labute approximate surface area is 150 Å². The molecule has 134 valence electrons. The van der Waals surface area contributed by atoms with E-state index in [1.807, 2.05) is 20.8 Å². The van der Waals surface area contributed by atoms with Gasteiger partial charge in [0.2, 0.25) is 11.8 Å². The SMILES string of the molecule is CCN(CC(=O)NC(C)C)C(=O)CSc1ccc(C(C)(C)C)cc1. The van der Waals surface area contributed by atoms with E-state index in [0.29, 0.717) is 12.3 Å². The lowest BCUT2D eigenvalue weighted by molar-refractivity contribution is -0.134. The molecule has 1 N–H and O–H groups in total. The molecule has 0 radical (unpaired) electrons. The first-order valence-corrected chi connectivity index (χ1v) is 9.42. The first kappa shape index (κ1) is 20.6. The van der Waals surface area contributed by atoms with Gasteiger partial charge in [0.05, 0.1) is 12.3 Å². The van der Waals surface area contributed by atoms with Gasteiger partial charge in [-0.3, -0.25) is 9.59 Å². The van der Waals surface area contributed by atoms with Gasteiger partial charge in [-0.1, -0.05) is 32.9 Å². The summed E-state index contributed by atoms with van der Waals surface area (Å²) in [5, 5.41) is 2.82. The molecular weight excluding hydrogens is 320 g/mol. The van der Waals surface area contributed by atoms with Crippen LogP contribution in [0.15, 0.2) is 29.2 Å². The van der Waals surface area contributed by atoms with Gasteiger partial charge in [0, 0.05) is 17.5 Å².